The van der Waals surface area contributed by atoms with Gasteiger partial charge in [0.05, 0.1) is 26.4 Å². The second kappa shape index (κ2) is 6.76. The molecule has 4 rings (SSSR count). The molecule has 138 valence electrons. The highest BCUT2D eigenvalue weighted by Gasteiger charge is 2.41. The maximum absolute atomic E-state index is 6.36. The van der Waals surface area contributed by atoms with Gasteiger partial charge in [-0.15, -0.1) is 0 Å². The molecule has 0 unspecified atom stereocenters. The number of methoxy groups -OCH3 is 2. The number of aryl methyl sites for hydroxylation is 1. The van der Waals surface area contributed by atoms with Crippen LogP contribution in [-0.2, 0) is 16.8 Å². The number of fused-ring (bicyclic) bond motifs is 2. The number of piperidine rings is 1. The van der Waals surface area contributed by atoms with Gasteiger partial charge in [-0.3, -0.25) is 0 Å². The van der Waals surface area contributed by atoms with Gasteiger partial charge in [0.1, 0.15) is 11.6 Å². The standard InChI is InChI=1S/C20H25N3O3/c1-14-21-8-4-19(22-14)23-9-6-20(7-10-23)16-13-18(25-3)17(24-2)12-15(16)5-11-26-20/h4,8,12-13H,5-7,9-11H2,1-3H3. The van der Waals surface area contributed by atoms with Crippen molar-refractivity contribution in [1.82, 2.24) is 9.97 Å². The Morgan fingerprint density at radius 3 is 2.54 bits per heavy atom. The molecular formula is C20H25N3O3. The van der Waals surface area contributed by atoms with Gasteiger partial charge in [-0.05, 0) is 55.5 Å². The summed E-state index contributed by atoms with van der Waals surface area (Å²) >= 11 is 0. The van der Waals surface area contributed by atoms with Crippen molar-refractivity contribution in [3.05, 3.63) is 41.3 Å². The Bertz CT molecular complexity index is 801. The summed E-state index contributed by atoms with van der Waals surface area (Å²) < 4.78 is 17.4. The fraction of sp³-hybridized carbons (Fsp3) is 0.500. The van der Waals surface area contributed by atoms with Crippen LogP contribution in [0.15, 0.2) is 24.4 Å². The lowest BCUT2D eigenvalue weighted by molar-refractivity contribution is -0.0768. The molecule has 1 aromatic carbocycles. The van der Waals surface area contributed by atoms with Crippen LogP contribution in [-0.4, -0.2) is 43.9 Å². The molecule has 6 heteroatoms. The Morgan fingerprint density at radius 2 is 1.85 bits per heavy atom. The van der Waals surface area contributed by atoms with Gasteiger partial charge in [0, 0.05) is 19.3 Å². The molecule has 1 fully saturated rings. The summed E-state index contributed by atoms with van der Waals surface area (Å²) in [4.78, 5) is 11.1. The van der Waals surface area contributed by atoms with Gasteiger partial charge in [0.2, 0.25) is 0 Å². The lowest BCUT2D eigenvalue weighted by Crippen LogP contribution is -2.47. The summed E-state index contributed by atoms with van der Waals surface area (Å²) in [6.45, 7) is 4.48. The van der Waals surface area contributed by atoms with Crippen molar-refractivity contribution >= 4 is 5.82 Å². The highest BCUT2D eigenvalue weighted by Crippen LogP contribution is 2.45. The lowest BCUT2D eigenvalue weighted by atomic mass is 9.79. The molecule has 26 heavy (non-hydrogen) atoms. The molecule has 3 heterocycles. The van der Waals surface area contributed by atoms with Crippen LogP contribution in [0.2, 0.25) is 0 Å². The number of hydrogen-bond acceptors (Lipinski definition) is 6. The number of nitrogens with zero attached hydrogens (tertiary/aromatic N) is 3. The molecule has 0 saturated carbocycles. The summed E-state index contributed by atoms with van der Waals surface area (Å²) in [6, 6.07) is 6.20. The molecule has 1 spiro atoms. The van der Waals surface area contributed by atoms with Crippen molar-refractivity contribution < 1.29 is 14.2 Å². The monoisotopic (exact) mass is 355 g/mol. The number of anilines is 1. The van der Waals surface area contributed by atoms with Gasteiger partial charge in [0.15, 0.2) is 11.5 Å². The molecule has 0 bridgehead atoms. The summed E-state index contributed by atoms with van der Waals surface area (Å²) in [5, 5.41) is 0. The number of aromatic nitrogens is 2. The second-order valence-corrected chi connectivity index (χ2v) is 6.91. The van der Waals surface area contributed by atoms with Gasteiger partial charge >= 0.3 is 0 Å². The topological polar surface area (TPSA) is 56.7 Å². The molecule has 0 atom stereocenters. The Balaban J connectivity index is 1.62. The van der Waals surface area contributed by atoms with E-state index in [0.717, 1.165) is 62.1 Å². The highest BCUT2D eigenvalue weighted by molar-refractivity contribution is 5.51. The van der Waals surface area contributed by atoms with E-state index in [9.17, 15) is 0 Å². The van der Waals surface area contributed by atoms with Crippen molar-refractivity contribution in [3.8, 4) is 11.5 Å². The number of rotatable bonds is 3. The third-order valence-corrected chi connectivity index (χ3v) is 5.51. The van der Waals surface area contributed by atoms with Crippen LogP contribution in [0.4, 0.5) is 5.82 Å². The minimum absolute atomic E-state index is 0.244. The van der Waals surface area contributed by atoms with Crippen LogP contribution in [0.1, 0.15) is 29.8 Å². The molecule has 1 saturated heterocycles. The average Bonchev–Trinajstić information content (AvgIpc) is 2.68. The minimum Gasteiger partial charge on any atom is -0.493 e. The van der Waals surface area contributed by atoms with Crippen molar-refractivity contribution in [1.29, 1.82) is 0 Å². The van der Waals surface area contributed by atoms with Crippen LogP contribution in [0.5, 0.6) is 11.5 Å². The summed E-state index contributed by atoms with van der Waals surface area (Å²) in [5.41, 5.74) is 2.31. The van der Waals surface area contributed by atoms with E-state index in [4.69, 9.17) is 14.2 Å². The van der Waals surface area contributed by atoms with Gasteiger partial charge in [0.25, 0.3) is 0 Å². The average molecular weight is 355 g/mol. The lowest BCUT2D eigenvalue weighted by Gasteiger charge is -2.45. The van der Waals surface area contributed by atoms with Crippen LogP contribution in [0, 0.1) is 6.92 Å². The number of hydrogen-bond donors (Lipinski definition) is 0. The normalized spacial score (nSPS) is 18.5. The largest absolute Gasteiger partial charge is 0.493 e. The maximum Gasteiger partial charge on any atom is 0.161 e. The first-order valence-corrected chi connectivity index (χ1v) is 9.09. The van der Waals surface area contributed by atoms with Gasteiger partial charge in [-0.1, -0.05) is 0 Å². The summed E-state index contributed by atoms with van der Waals surface area (Å²) in [5.74, 6) is 3.36. The summed E-state index contributed by atoms with van der Waals surface area (Å²) in [7, 11) is 3.36. The molecule has 2 aromatic rings. The molecule has 2 aliphatic rings. The first kappa shape index (κ1) is 17.1. The Morgan fingerprint density at radius 1 is 1.12 bits per heavy atom. The summed E-state index contributed by atoms with van der Waals surface area (Å²) in [6.07, 6.45) is 4.59. The molecule has 0 radical (unpaired) electrons. The SMILES string of the molecule is COc1cc2c(cc1OC)C1(CCN(c3ccnc(C)n3)CC1)OCC2. The third kappa shape index (κ3) is 2.88. The Kier molecular flexibility index (Phi) is 4.44. The third-order valence-electron chi connectivity index (χ3n) is 5.51. The van der Waals surface area contributed by atoms with E-state index in [0.29, 0.717) is 0 Å². The van der Waals surface area contributed by atoms with Crippen LogP contribution < -0.4 is 14.4 Å². The smallest absolute Gasteiger partial charge is 0.161 e. The van der Waals surface area contributed by atoms with Gasteiger partial charge in [-0.2, -0.15) is 0 Å². The first-order valence-electron chi connectivity index (χ1n) is 9.09. The zero-order chi connectivity index (χ0) is 18.1. The van der Waals surface area contributed by atoms with Gasteiger partial charge in [-0.25, -0.2) is 9.97 Å². The second-order valence-electron chi connectivity index (χ2n) is 6.91. The molecule has 1 aromatic heterocycles. The molecule has 6 nitrogen and oxygen atoms in total. The number of benzene rings is 1. The Labute approximate surface area is 154 Å². The van der Waals surface area contributed by atoms with Crippen molar-refractivity contribution in [2.24, 2.45) is 0 Å². The van der Waals surface area contributed by atoms with Gasteiger partial charge < -0.3 is 19.1 Å². The predicted molar refractivity (Wildman–Crippen MR) is 99.1 cm³/mol. The van der Waals surface area contributed by atoms with E-state index in [1.165, 1.54) is 11.1 Å². The molecule has 2 aliphatic heterocycles. The Hall–Kier alpha value is -2.34. The molecule has 0 amide bonds. The minimum atomic E-state index is -0.244. The first-order chi connectivity index (χ1) is 12.6. The van der Waals surface area contributed by atoms with Crippen LogP contribution in [0.3, 0.4) is 0 Å². The van der Waals surface area contributed by atoms with E-state index in [-0.39, 0.29) is 5.60 Å². The van der Waals surface area contributed by atoms with E-state index in [1.807, 2.05) is 19.2 Å². The molecule has 0 N–H and O–H groups in total. The van der Waals surface area contributed by atoms with Crippen LogP contribution >= 0.6 is 0 Å². The zero-order valence-electron chi connectivity index (χ0n) is 15.6. The predicted octanol–water partition coefficient (Wildman–Crippen LogP) is 2.87. The molecular weight excluding hydrogens is 330 g/mol. The van der Waals surface area contributed by atoms with Crippen LogP contribution in [0.25, 0.3) is 0 Å². The quantitative estimate of drug-likeness (QED) is 0.844. The number of ether oxygens (including phenoxy) is 3. The zero-order valence-corrected chi connectivity index (χ0v) is 15.6. The molecule has 0 aliphatic carbocycles. The van der Waals surface area contributed by atoms with E-state index < -0.39 is 0 Å². The fourth-order valence-corrected chi connectivity index (χ4v) is 4.12. The fourth-order valence-electron chi connectivity index (χ4n) is 4.12. The van der Waals surface area contributed by atoms with E-state index in [1.54, 1.807) is 14.2 Å². The van der Waals surface area contributed by atoms with E-state index in [2.05, 4.69) is 27.0 Å². The van der Waals surface area contributed by atoms with E-state index >= 15 is 0 Å². The highest BCUT2D eigenvalue weighted by atomic mass is 16.5. The maximum atomic E-state index is 6.36. The van der Waals surface area contributed by atoms with Crippen molar-refractivity contribution in [2.75, 3.05) is 38.8 Å². The van der Waals surface area contributed by atoms with Crippen molar-refractivity contribution in [3.63, 3.8) is 0 Å². The van der Waals surface area contributed by atoms with Crippen molar-refractivity contribution in [2.45, 2.75) is 31.8 Å².